The van der Waals surface area contributed by atoms with Crippen molar-refractivity contribution in [2.45, 2.75) is 13.8 Å². The highest BCUT2D eigenvalue weighted by Gasteiger charge is 2.23. The zero-order valence-corrected chi connectivity index (χ0v) is 18.2. The fraction of sp³-hybridized carbons (Fsp3) is 0.300. The second-order valence-corrected chi connectivity index (χ2v) is 7.50. The standard InChI is InChI=1S/C20H21N3O8S/c1-14(24)30-11-9-21(10-12-31-15(2)25)17-6-3-16(4-7-17)5-8-19-18(22(26)27)13-20(32-19)23(28)29/h3-8,13H,9-12H2,1-2H3/b8-5+. The summed E-state index contributed by atoms with van der Waals surface area (Å²) in [6, 6.07) is 8.07. The summed E-state index contributed by atoms with van der Waals surface area (Å²) in [5.41, 5.74) is 1.19. The fourth-order valence-corrected chi connectivity index (χ4v) is 3.52. The lowest BCUT2D eigenvalue weighted by atomic mass is 10.1. The van der Waals surface area contributed by atoms with Crippen molar-refractivity contribution in [2.75, 3.05) is 31.2 Å². The van der Waals surface area contributed by atoms with Gasteiger partial charge < -0.3 is 14.4 Å². The van der Waals surface area contributed by atoms with E-state index in [1.807, 2.05) is 4.90 Å². The van der Waals surface area contributed by atoms with Gasteiger partial charge in [0.2, 0.25) is 0 Å². The second-order valence-electron chi connectivity index (χ2n) is 6.44. The number of benzene rings is 1. The van der Waals surface area contributed by atoms with Crippen molar-refractivity contribution >= 4 is 51.8 Å². The van der Waals surface area contributed by atoms with Crippen molar-refractivity contribution in [2.24, 2.45) is 0 Å². The number of ether oxygens (including phenoxy) is 2. The van der Waals surface area contributed by atoms with Gasteiger partial charge in [0, 0.05) is 19.5 Å². The Kier molecular flexibility index (Phi) is 8.83. The number of carbonyl (C=O) groups excluding carboxylic acids is 2. The van der Waals surface area contributed by atoms with Crippen LogP contribution in [-0.2, 0) is 19.1 Å². The van der Waals surface area contributed by atoms with Gasteiger partial charge in [0.05, 0.1) is 22.9 Å². The molecular formula is C20H21N3O8S. The quantitative estimate of drug-likeness (QED) is 0.277. The maximum absolute atomic E-state index is 11.1. The maximum Gasteiger partial charge on any atom is 0.331 e. The van der Waals surface area contributed by atoms with E-state index in [0.29, 0.717) is 13.1 Å². The van der Waals surface area contributed by atoms with E-state index in [-0.39, 0.29) is 28.8 Å². The van der Waals surface area contributed by atoms with Crippen LogP contribution < -0.4 is 4.90 Å². The number of nitrogens with zero attached hydrogens (tertiary/aromatic N) is 3. The van der Waals surface area contributed by atoms with Gasteiger partial charge in [-0.15, -0.1) is 0 Å². The van der Waals surface area contributed by atoms with Crippen LogP contribution in [0.5, 0.6) is 0 Å². The Hall–Kier alpha value is -3.80. The van der Waals surface area contributed by atoms with Gasteiger partial charge in [-0.3, -0.25) is 29.8 Å². The first-order chi connectivity index (χ1) is 15.2. The van der Waals surface area contributed by atoms with Crippen molar-refractivity contribution in [1.29, 1.82) is 0 Å². The Morgan fingerprint density at radius 1 is 0.969 bits per heavy atom. The molecule has 0 aliphatic rings. The first-order valence-corrected chi connectivity index (χ1v) is 10.2. The van der Waals surface area contributed by atoms with Crippen LogP contribution in [0.1, 0.15) is 24.3 Å². The SMILES string of the molecule is CC(=O)OCCN(CCOC(C)=O)c1ccc(/C=C/c2sc([N+](=O)[O-])cc2[N+](=O)[O-])cc1. The molecule has 0 N–H and O–H groups in total. The number of hydrogen-bond donors (Lipinski definition) is 0. The molecule has 12 heteroatoms. The van der Waals surface area contributed by atoms with E-state index in [9.17, 15) is 29.8 Å². The van der Waals surface area contributed by atoms with Gasteiger partial charge in [-0.25, -0.2) is 0 Å². The zero-order chi connectivity index (χ0) is 23.7. The molecule has 0 aliphatic heterocycles. The van der Waals surface area contributed by atoms with Gasteiger partial charge in [0.25, 0.3) is 5.69 Å². The summed E-state index contributed by atoms with van der Waals surface area (Å²) in [4.78, 5) is 44.8. The summed E-state index contributed by atoms with van der Waals surface area (Å²) in [6.07, 6.45) is 3.08. The summed E-state index contributed by atoms with van der Waals surface area (Å²) in [7, 11) is 0. The largest absolute Gasteiger partial charge is 0.464 e. The van der Waals surface area contributed by atoms with Crippen molar-refractivity contribution in [3.05, 3.63) is 61.0 Å². The van der Waals surface area contributed by atoms with Gasteiger partial charge in [-0.05, 0) is 23.8 Å². The molecule has 1 aromatic carbocycles. The van der Waals surface area contributed by atoms with Crippen LogP contribution in [-0.4, -0.2) is 48.1 Å². The third-order valence-electron chi connectivity index (χ3n) is 4.12. The van der Waals surface area contributed by atoms with E-state index < -0.39 is 21.8 Å². The predicted molar refractivity (Wildman–Crippen MR) is 118 cm³/mol. The highest BCUT2D eigenvalue weighted by Crippen LogP contribution is 2.35. The van der Waals surface area contributed by atoms with Gasteiger partial charge in [0.15, 0.2) is 0 Å². The molecule has 0 saturated heterocycles. The Balaban J connectivity index is 2.14. The number of nitro groups is 2. The summed E-state index contributed by atoms with van der Waals surface area (Å²) in [6.45, 7) is 3.74. The zero-order valence-electron chi connectivity index (χ0n) is 17.4. The molecule has 0 radical (unpaired) electrons. The Morgan fingerprint density at radius 2 is 1.53 bits per heavy atom. The van der Waals surface area contributed by atoms with Crippen LogP contribution in [0.4, 0.5) is 16.4 Å². The molecule has 0 spiro atoms. The minimum Gasteiger partial charge on any atom is -0.464 e. The average molecular weight is 463 g/mol. The molecule has 32 heavy (non-hydrogen) atoms. The molecule has 0 aliphatic carbocycles. The Bertz CT molecular complexity index is 996. The minimum absolute atomic E-state index is 0.165. The summed E-state index contributed by atoms with van der Waals surface area (Å²) < 4.78 is 9.96. The summed E-state index contributed by atoms with van der Waals surface area (Å²) >= 11 is 0.727. The maximum atomic E-state index is 11.1. The minimum atomic E-state index is -0.663. The molecule has 0 bridgehead atoms. The molecule has 0 saturated carbocycles. The number of rotatable bonds is 11. The van der Waals surface area contributed by atoms with E-state index in [1.165, 1.54) is 19.9 Å². The molecule has 1 heterocycles. The number of carbonyl (C=O) groups is 2. The monoisotopic (exact) mass is 463 g/mol. The van der Waals surface area contributed by atoms with Crippen molar-refractivity contribution in [1.82, 2.24) is 0 Å². The number of esters is 2. The molecule has 11 nitrogen and oxygen atoms in total. The molecule has 0 unspecified atom stereocenters. The highest BCUT2D eigenvalue weighted by atomic mass is 32.1. The van der Waals surface area contributed by atoms with Crippen LogP contribution in [0.25, 0.3) is 12.2 Å². The van der Waals surface area contributed by atoms with Crippen LogP contribution in [0.3, 0.4) is 0 Å². The number of thiophene rings is 1. The molecule has 2 rings (SSSR count). The van der Waals surface area contributed by atoms with E-state index in [2.05, 4.69) is 0 Å². The van der Waals surface area contributed by atoms with Gasteiger partial charge in [-0.1, -0.05) is 29.5 Å². The lowest BCUT2D eigenvalue weighted by Crippen LogP contribution is -2.31. The smallest absolute Gasteiger partial charge is 0.331 e. The van der Waals surface area contributed by atoms with Crippen molar-refractivity contribution < 1.29 is 28.9 Å². The van der Waals surface area contributed by atoms with Crippen molar-refractivity contribution in [3.8, 4) is 0 Å². The summed E-state index contributed by atoms with van der Waals surface area (Å²) in [5.74, 6) is -0.790. The fourth-order valence-electron chi connectivity index (χ4n) is 2.67. The number of anilines is 1. The average Bonchev–Trinajstić information content (AvgIpc) is 3.16. The third-order valence-corrected chi connectivity index (χ3v) is 5.16. The molecule has 2 aromatic rings. The van der Waals surface area contributed by atoms with Crippen LogP contribution in [0.2, 0.25) is 0 Å². The Labute approximate surface area is 187 Å². The van der Waals surface area contributed by atoms with Crippen LogP contribution in [0.15, 0.2) is 30.3 Å². The molecular weight excluding hydrogens is 442 g/mol. The highest BCUT2D eigenvalue weighted by molar-refractivity contribution is 7.16. The van der Waals surface area contributed by atoms with E-state index >= 15 is 0 Å². The molecule has 0 fully saturated rings. The molecule has 0 amide bonds. The molecule has 1 aromatic heterocycles. The molecule has 0 atom stereocenters. The normalized spacial score (nSPS) is 10.7. The molecule has 170 valence electrons. The lowest BCUT2D eigenvalue weighted by Gasteiger charge is -2.24. The van der Waals surface area contributed by atoms with Gasteiger partial charge in [-0.2, -0.15) is 0 Å². The van der Waals surface area contributed by atoms with Crippen LogP contribution in [0, 0.1) is 20.2 Å². The van der Waals surface area contributed by atoms with Crippen molar-refractivity contribution in [3.63, 3.8) is 0 Å². The van der Waals surface area contributed by atoms with E-state index in [4.69, 9.17) is 9.47 Å². The third kappa shape index (κ3) is 7.47. The predicted octanol–water partition coefficient (Wildman–Crippen LogP) is 3.67. The first-order valence-electron chi connectivity index (χ1n) is 9.40. The lowest BCUT2D eigenvalue weighted by molar-refractivity contribution is -0.390. The number of hydrogen-bond acceptors (Lipinski definition) is 10. The first kappa shape index (κ1) is 24.5. The Morgan fingerprint density at radius 3 is 2.00 bits per heavy atom. The van der Waals surface area contributed by atoms with E-state index in [0.717, 1.165) is 28.7 Å². The van der Waals surface area contributed by atoms with Gasteiger partial charge >= 0.3 is 16.9 Å². The summed E-state index contributed by atoms with van der Waals surface area (Å²) in [5, 5.41) is 21.7. The van der Waals surface area contributed by atoms with Gasteiger partial charge in [0.1, 0.15) is 24.2 Å². The van der Waals surface area contributed by atoms with E-state index in [1.54, 1.807) is 30.3 Å². The topological polar surface area (TPSA) is 142 Å². The van der Waals surface area contributed by atoms with Crippen LogP contribution >= 0.6 is 11.3 Å². The second kappa shape index (κ2) is 11.6.